The van der Waals surface area contributed by atoms with E-state index in [-0.39, 0.29) is 16.4 Å². The highest BCUT2D eigenvalue weighted by Crippen LogP contribution is 2.25. The van der Waals surface area contributed by atoms with Crippen LogP contribution in [0.2, 0.25) is 0 Å². The molecule has 1 aromatic rings. The van der Waals surface area contributed by atoms with Crippen LogP contribution in [-0.4, -0.2) is 21.0 Å². The van der Waals surface area contributed by atoms with Crippen LogP contribution in [0.4, 0.5) is 0 Å². The Kier molecular flexibility index (Phi) is 6.37. The molecule has 0 aliphatic rings. The average Bonchev–Trinajstić information content (AvgIpc) is 2.38. The van der Waals surface area contributed by atoms with Crippen molar-refractivity contribution >= 4 is 31.9 Å². The number of rotatable bonds is 6. The van der Waals surface area contributed by atoms with Crippen molar-refractivity contribution in [1.29, 1.82) is 0 Å². The predicted octanol–water partition coefficient (Wildman–Crippen LogP) is 3.00. The number of primary sulfonamides is 1. The molecule has 0 spiro atoms. The molecule has 118 valence electrons. The Morgan fingerprint density at radius 1 is 1.43 bits per heavy atom. The summed E-state index contributed by atoms with van der Waals surface area (Å²) in [5.74, 6) is -0.272. The Morgan fingerprint density at radius 2 is 2.05 bits per heavy atom. The summed E-state index contributed by atoms with van der Waals surface area (Å²) >= 11 is 3.23. The van der Waals surface area contributed by atoms with Crippen LogP contribution in [0.3, 0.4) is 0 Å². The van der Waals surface area contributed by atoms with Crippen LogP contribution in [0.25, 0.3) is 0 Å². The molecule has 0 saturated carbocycles. The normalized spacial score (nSPS) is 13.0. The van der Waals surface area contributed by atoms with Crippen molar-refractivity contribution in [3.63, 3.8) is 0 Å². The molecule has 0 amide bonds. The zero-order chi connectivity index (χ0) is 16.2. The standard InChI is InChI=1S/C14H20BrNO4S/c1-4-5-9(2)8-20-14(17)12-6-11(21(16,18)19)7-13(15)10(12)3/h6-7,9H,4-5,8H2,1-3H3,(H2,16,18,19). The van der Waals surface area contributed by atoms with Gasteiger partial charge in [-0.2, -0.15) is 0 Å². The van der Waals surface area contributed by atoms with E-state index in [0.717, 1.165) is 12.8 Å². The molecular formula is C14H20BrNO4S. The van der Waals surface area contributed by atoms with Crippen molar-refractivity contribution < 1.29 is 17.9 Å². The number of carbonyl (C=O) groups excluding carboxylic acids is 1. The van der Waals surface area contributed by atoms with Crippen molar-refractivity contribution in [1.82, 2.24) is 0 Å². The summed E-state index contributed by atoms with van der Waals surface area (Å²) in [6.45, 7) is 6.09. The Labute approximate surface area is 134 Å². The van der Waals surface area contributed by atoms with Gasteiger partial charge in [0.2, 0.25) is 10.0 Å². The lowest BCUT2D eigenvalue weighted by Crippen LogP contribution is -2.16. The molecule has 1 rings (SSSR count). The lowest BCUT2D eigenvalue weighted by atomic mass is 10.1. The van der Waals surface area contributed by atoms with Gasteiger partial charge >= 0.3 is 5.97 Å². The summed E-state index contributed by atoms with van der Waals surface area (Å²) in [6, 6.07) is 2.63. The zero-order valence-corrected chi connectivity index (χ0v) is 14.8. The fraction of sp³-hybridized carbons (Fsp3) is 0.500. The van der Waals surface area contributed by atoms with Gasteiger partial charge in [-0.25, -0.2) is 18.4 Å². The second-order valence-corrected chi connectivity index (χ2v) is 7.53. The number of benzene rings is 1. The first-order chi connectivity index (χ1) is 9.66. The van der Waals surface area contributed by atoms with Gasteiger partial charge in [0.1, 0.15) is 0 Å². The van der Waals surface area contributed by atoms with E-state index in [9.17, 15) is 13.2 Å². The molecule has 0 bridgehead atoms. The van der Waals surface area contributed by atoms with Gasteiger partial charge in [-0.05, 0) is 37.0 Å². The van der Waals surface area contributed by atoms with Crippen LogP contribution < -0.4 is 5.14 Å². The monoisotopic (exact) mass is 377 g/mol. The predicted molar refractivity (Wildman–Crippen MR) is 84.6 cm³/mol. The van der Waals surface area contributed by atoms with Gasteiger partial charge in [-0.3, -0.25) is 0 Å². The third-order valence-electron chi connectivity index (χ3n) is 3.15. The molecule has 0 aliphatic heterocycles. The summed E-state index contributed by atoms with van der Waals surface area (Å²) in [7, 11) is -3.88. The van der Waals surface area contributed by atoms with Gasteiger partial charge in [-0.1, -0.05) is 36.2 Å². The molecule has 21 heavy (non-hydrogen) atoms. The number of halogens is 1. The molecule has 5 nitrogen and oxygen atoms in total. The number of hydrogen-bond acceptors (Lipinski definition) is 4. The zero-order valence-electron chi connectivity index (χ0n) is 12.3. The third kappa shape index (κ3) is 5.09. The minimum absolute atomic E-state index is 0.117. The highest BCUT2D eigenvalue weighted by Gasteiger charge is 2.19. The molecule has 7 heteroatoms. The van der Waals surface area contributed by atoms with Crippen molar-refractivity contribution in [2.24, 2.45) is 11.1 Å². The van der Waals surface area contributed by atoms with Gasteiger partial charge in [-0.15, -0.1) is 0 Å². The van der Waals surface area contributed by atoms with Crippen LogP contribution in [0.1, 0.15) is 42.6 Å². The second-order valence-electron chi connectivity index (χ2n) is 5.11. The van der Waals surface area contributed by atoms with E-state index in [0.29, 0.717) is 16.6 Å². The topological polar surface area (TPSA) is 86.5 Å². The van der Waals surface area contributed by atoms with Crippen molar-refractivity contribution in [2.45, 2.75) is 38.5 Å². The molecule has 1 aromatic carbocycles. The summed E-state index contributed by atoms with van der Waals surface area (Å²) < 4.78 is 28.6. The smallest absolute Gasteiger partial charge is 0.338 e. The van der Waals surface area contributed by atoms with Crippen molar-refractivity contribution in [2.75, 3.05) is 6.61 Å². The van der Waals surface area contributed by atoms with E-state index in [1.54, 1.807) is 6.92 Å². The number of esters is 1. The Hall–Kier alpha value is -0.920. The maximum atomic E-state index is 12.1. The number of ether oxygens (including phenoxy) is 1. The summed E-state index contributed by atoms with van der Waals surface area (Å²) in [6.07, 6.45) is 1.98. The van der Waals surface area contributed by atoms with Crippen molar-refractivity contribution in [3.8, 4) is 0 Å². The highest BCUT2D eigenvalue weighted by molar-refractivity contribution is 9.10. The van der Waals surface area contributed by atoms with E-state index >= 15 is 0 Å². The first-order valence-corrected chi connectivity index (χ1v) is 9.00. The van der Waals surface area contributed by atoms with E-state index in [2.05, 4.69) is 22.9 Å². The molecule has 1 atom stereocenters. The first-order valence-electron chi connectivity index (χ1n) is 6.66. The molecule has 0 aromatic heterocycles. The lowest BCUT2D eigenvalue weighted by Gasteiger charge is -2.13. The van der Waals surface area contributed by atoms with Crippen LogP contribution >= 0.6 is 15.9 Å². The summed E-state index contributed by atoms with van der Waals surface area (Å²) in [5, 5.41) is 5.11. The fourth-order valence-corrected chi connectivity index (χ4v) is 3.08. The van der Waals surface area contributed by atoms with Crippen LogP contribution in [0, 0.1) is 12.8 Å². The molecule has 0 fully saturated rings. The van der Waals surface area contributed by atoms with Gasteiger partial charge in [0.05, 0.1) is 17.1 Å². The van der Waals surface area contributed by atoms with E-state index in [4.69, 9.17) is 9.88 Å². The van der Waals surface area contributed by atoms with Crippen LogP contribution in [0.15, 0.2) is 21.5 Å². The van der Waals surface area contributed by atoms with Crippen LogP contribution in [0.5, 0.6) is 0 Å². The van der Waals surface area contributed by atoms with Gasteiger partial charge in [0.15, 0.2) is 0 Å². The Balaban J connectivity index is 3.01. The number of nitrogens with two attached hydrogens (primary N) is 1. The minimum atomic E-state index is -3.88. The van der Waals surface area contributed by atoms with E-state index in [1.807, 2.05) is 6.92 Å². The number of carbonyl (C=O) groups is 1. The maximum absolute atomic E-state index is 12.1. The van der Waals surface area contributed by atoms with Gasteiger partial charge in [0, 0.05) is 4.47 Å². The lowest BCUT2D eigenvalue weighted by molar-refractivity contribution is 0.0442. The van der Waals surface area contributed by atoms with Gasteiger partial charge in [0.25, 0.3) is 0 Å². The molecule has 0 aliphatic carbocycles. The van der Waals surface area contributed by atoms with E-state index in [1.165, 1.54) is 12.1 Å². The maximum Gasteiger partial charge on any atom is 0.338 e. The Morgan fingerprint density at radius 3 is 2.57 bits per heavy atom. The Bertz CT molecular complexity index is 628. The summed E-state index contributed by atoms with van der Waals surface area (Å²) in [4.78, 5) is 12.0. The average molecular weight is 378 g/mol. The third-order valence-corrected chi connectivity index (χ3v) is 4.86. The highest BCUT2D eigenvalue weighted by atomic mass is 79.9. The molecule has 1 unspecified atom stereocenters. The van der Waals surface area contributed by atoms with Gasteiger partial charge < -0.3 is 4.74 Å². The first kappa shape index (κ1) is 18.1. The summed E-state index contributed by atoms with van der Waals surface area (Å²) in [5.41, 5.74) is 0.827. The quantitative estimate of drug-likeness (QED) is 0.771. The molecule has 0 radical (unpaired) electrons. The molecular weight excluding hydrogens is 358 g/mol. The number of sulfonamides is 1. The molecule has 0 saturated heterocycles. The van der Waals surface area contributed by atoms with E-state index < -0.39 is 16.0 Å². The number of hydrogen-bond donors (Lipinski definition) is 1. The second kappa shape index (κ2) is 7.38. The largest absolute Gasteiger partial charge is 0.462 e. The van der Waals surface area contributed by atoms with Crippen molar-refractivity contribution in [3.05, 3.63) is 27.7 Å². The molecule has 0 heterocycles. The minimum Gasteiger partial charge on any atom is -0.462 e. The fourth-order valence-electron chi connectivity index (χ4n) is 1.90. The molecule has 2 N–H and O–H groups in total. The SMILES string of the molecule is CCCC(C)COC(=O)c1cc(S(N)(=O)=O)cc(Br)c1C. The van der Waals surface area contributed by atoms with Crippen LogP contribution in [-0.2, 0) is 14.8 Å².